The van der Waals surface area contributed by atoms with Crippen LogP contribution in [0.3, 0.4) is 0 Å². The summed E-state index contributed by atoms with van der Waals surface area (Å²) in [7, 11) is 0. The summed E-state index contributed by atoms with van der Waals surface area (Å²) in [6, 6.07) is 11.9. The highest BCUT2D eigenvalue weighted by molar-refractivity contribution is 5.60. The molecule has 0 aliphatic heterocycles. The van der Waals surface area contributed by atoms with Gasteiger partial charge in [0, 0.05) is 5.56 Å². The van der Waals surface area contributed by atoms with Gasteiger partial charge in [0.1, 0.15) is 5.75 Å². The number of pyridine rings is 1. The fourth-order valence-electron chi connectivity index (χ4n) is 1.89. The van der Waals surface area contributed by atoms with Crippen LogP contribution in [0.25, 0.3) is 11.3 Å². The van der Waals surface area contributed by atoms with E-state index in [-0.39, 0.29) is 5.75 Å². The molecular formula is C15H17NO. The van der Waals surface area contributed by atoms with Crippen LogP contribution in [0.5, 0.6) is 5.75 Å². The molecule has 0 unspecified atom stereocenters. The summed E-state index contributed by atoms with van der Waals surface area (Å²) in [6.45, 7) is 4.43. The Balaban J connectivity index is 2.29. The maximum atomic E-state index is 9.21. The van der Waals surface area contributed by atoms with E-state index in [9.17, 15) is 5.11 Å². The molecule has 0 aliphatic carbocycles. The molecule has 0 fully saturated rings. The van der Waals surface area contributed by atoms with Crippen molar-refractivity contribution in [3.05, 3.63) is 48.2 Å². The van der Waals surface area contributed by atoms with Gasteiger partial charge in [-0.15, -0.1) is 0 Å². The molecule has 2 nitrogen and oxygen atoms in total. The maximum Gasteiger partial charge on any atom is 0.133 e. The molecule has 0 aliphatic rings. The smallest absolute Gasteiger partial charge is 0.133 e. The van der Waals surface area contributed by atoms with Crippen LogP contribution in [0, 0.1) is 5.92 Å². The standard InChI is InChI=1S/C15H17NO/c1-11(2)8-12-4-3-5-13(9-12)15-7-6-14(17)10-16-15/h3-7,9-11,17H,8H2,1-2H3. The lowest BCUT2D eigenvalue weighted by molar-refractivity contribution is 0.473. The number of aromatic hydroxyl groups is 1. The van der Waals surface area contributed by atoms with E-state index >= 15 is 0 Å². The molecule has 0 saturated heterocycles. The molecule has 1 N–H and O–H groups in total. The van der Waals surface area contributed by atoms with Gasteiger partial charge in [0.05, 0.1) is 11.9 Å². The van der Waals surface area contributed by atoms with E-state index in [1.165, 1.54) is 11.8 Å². The van der Waals surface area contributed by atoms with Crippen molar-refractivity contribution in [1.29, 1.82) is 0 Å². The third kappa shape index (κ3) is 3.06. The Labute approximate surface area is 102 Å². The van der Waals surface area contributed by atoms with Gasteiger partial charge < -0.3 is 5.11 Å². The summed E-state index contributed by atoms with van der Waals surface area (Å²) in [5, 5.41) is 9.21. The summed E-state index contributed by atoms with van der Waals surface area (Å²) in [5.74, 6) is 0.852. The molecule has 0 spiro atoms. The van der Waals surface area contributed by atoms with Crippen LogP contribution in [-0.2, 0) is 6.42 Å². The second kappa shape index (κ2) is 5.00. The minimum atomic E-state index is 0.201. The van der Waals surface area contributed by atoms with Crippen LogP contribution in [-0.4, -0.2) is 10.1 Å². The highest BCUT2D eigenvalue weighted by Crippen LogP contribution is 2.21. The first-order valence-electron chi connectivity index (χ1n) is 5.89. The predicted octanol–water partition coefficient (Wildman–Crippen LogP) is 3.65. The van der Waals surface area contributed by atoms with Gasteiger partial charge in [0.15, 0.2) is 0 Å². The van der Waals surface area contributed by atoms with Crippen molar-refractivity contribution in [1.82, 2.24) is 4.98 Å². The van der Waals surface area contributed by atoms with E-state index in [4.69, 9.17) is 0 Å². The van der Waals surface area contributed by atoms with Crippen molar-refractivity contribution < 1.29 is 5.11 Å². The summed E-state index contributed by atoms with van der Waals surface area (Å²) >= 11 is 0. The molecule has 1 heterocycles. The van der Waals surface area contributed by atoms with Crippen molar-refractivity contribution in [2.24, 2.45) is 5.92 Å². The lowest BCUT2D eigenvalue weighted by atomic mass is 10.00. The third-order valence-corrected chi connectivity index (χ3v) is 2.61. The SMILES string of the molecule is CC(C)Cc1cccc(-c2ccc(O)cn2)c1. The zero-order valence-corrected chi connectivity index (χ0v) is 10.2. The Morgan fingerprint density at radius 3 is 2.65 bits per heavy atom. The number of hydrogen-bond donors (Lipinski definition) is 1. The third-order valence-electron chi connectivity index (χ3n) is 2.61. The summed E-state index contributed by atoms with van der Waals surface area (Å²) in [6.07, 6.45) is 2.55. The Kier molecular flexibility index (Phi) is 3.43. The van der Waals surface area contributed by atoms with Crippen molar-refractivity contribution in [2.45, 2.75) is 20.3 Å². The quantitative estimate of drug-likeness (QED) is 0.868. The largest absolute Gasteiger partial charge is 0.506 e. The van der Waals surface area contributed by atoms with Crippen molar-refractivity contribution in [3.63, 3.8) is 0 Å². The second-order valence-electron chi connectivity index (χ2n) is 4.70. The van der Waals surface area contributed by atoms with Gasteiger partial charge in [-0.2, -0.15) is 0 Å². The van der Waals surface area contributed by atoms with Gasteiger partial charge >= 0.3 is 0 Å². The van der Waals surface area contributed by atoms with E-state index < -0.39 is 0 Å². The summed E-state index contributed by atoms with van der Waals surface area (Å²) < 4.78 is 0. The first kappa shape index (κ1) is 11.6. The fourth-order valence-corrected chi connectivity index (χ4v) is 1.89. The number of benzene rings is 1. The van der Waals surface area contributed by atoms with Crippen LogP contribution < -0.4 is 0 Å². The Morgan fingerprint density at radius 2 is 2.00 bits per heavy atom. The number of hydrogen-bond acceptors (Lipinski definition) is 2. The fraction of sp³-hybridized carbons (Fsp3) is 0.267. The van der Waals surface area contributed by atoms with Crippen LogP contribution >= 0.6 is 0 Å². The van der Waals surface area contributed by atoms with E-state index in [1.807, 2.05) is 12.1 Å². The Morgan fingerprint density at radius 1 is 1.18 bits per heavy atom. The highest BCUT2D eigenvalue weighted by atomic mass is 16.3. The van der Waals surface area contributed by atoms with Crippen molar-refractivity contribution in [2.75, 3.05) is 0 Å². The average Bonchev–Trinajstić information content (AvgIpc) is 2.29. The molecular weight excluding hydrogens is 210 g/mol. The van der Waals surface area contributed by atoms with Gasteiger partial charge in [-0.05, 0) is 36.1 Å². The molecule has 88 valence electrons. The molecule has 0 radical (unpaired) electrons. The minimum absolute atomic E-state index is 0.201. The van der Waals surface area contributed by atoms with Gasteiger partial charge in [-0.25, -0.2) is 0 Å². The van der Waals surface area contributed by atoms with Gasteiger partial charge in [0.2, 0.25) is 0 Å². The number of aromatic nitrogens is 1. The van der Waals surface area contributed by atoms with Gasteiger partial charge in [-0.3, -0.25) is 4.98 Å². The summed E-state index contributed by atoms with van der Waals surface area (Å²) in [5.41, 5.74) is 3.32. The Hall–Kier alpha value is -1.83. The lowest BCUT2D eigenvalue weighted by Crippen LogP contribution is -1.94. The number of nitrogens with zero attached hydrogens (tertiary/aromatic N) is 1. The topological polar surface area (TPSA) is 33.1 Å². The van der Waals surface area contributed by atoms with Crippen LogP contribution in [0.2, 0.25) is 0 Å². The molecule has 0 saturated carbocycles. The zero-order valence-electron chi connectivity index (χ0n) is 10.2. The monoisotopic (exact) mass is 227 g/mol. The van der Waals surface area contributed by atoms with Crippen LogP contribution in [0.4, 0.5) is 0 Å². The highest BCUT2D eigenvalue weighted by Gasteiger charge is 2.02. The predicted molar refractivity (Wildman–Crippen MR) is 69.9 cm³/mol. The molecule has 2 rings (SSSR count). The van der Waals surface area contributed by atoms with E-state index in [2.05, 4.69) is 37.0 Å². The summed E-state index contributed by atoms with van der Waals surface area (Å²) in [4.78, 5) is 4.22. The first-order chi connectivity index (χ1) is 8.15. The Bertz CT molecular complexity index is 489. The minimum Gasteiger partial charge on any atom is -0.506 e. The normalized spacial score (nSPS) is 10.8. The molecule has 0 amide bonds. The molecule has 0 atom stereocenters. The lowest BCUT2D eigenvalue weighted by Gasteiger charge is -2.07. The molecule has 0 bridgehead atoms. The zero-order chi connectivity index (χ0) is 12.3. The molecule has 1 aromatic heterocycles. The van der Waals surface area contributed by atoms with E-state index in [0.717, 1.165) is 17.7 Å². The van der Waals surface area contributed by atoms with E-state index in [0.29, 0.717) is 5.92 Å². The number of rotatable bonds is 3. The van der Waals surface area contributed by atoms with Gasteiger partial charge in [-0.1, -0.05) is 32.0 Å². The van der Waals surface area contributed by atoms with Crippen LogP contribution in [0.15, 0.2) is 42.6 Å². The van der Waals surface area contributed by atoms with Crippen molar-refractivity contribution >= 4 is 0 Å². The second-order valence-corrected chi connectivity index (χ2v) is 4.70. The molecule has 2 aromatic rings. The van der Waals surface area contributed by atoms with Gasteiger partial charge in [0.25, 0.3) is 0 Å². The first-order valence-corrected chi connectivity index (χ1v) is 5.89. The average molecular weight is 227 g/mol. The maximum absolute atomic E-state index is 9.21. The molecule has 17 heavy (non-hydrogen) atoms. The van der Waals surface area contributed by atoms with Crippen LogP contribution in [0.1, 0.15) is 19.4 Å². The van der Waals surface area contributed by atoms with E-state index in [1.54, 1.807) is 6.07 Å². The van der Waals surface area contributed by atoms with Crippen molar-refractivity contribution in [3.8, 4) is 17.0 Å². The molecule has 1 aromatic carbocycles. The molecule has 2 heteroatoms.